The van der Waals surface area contributed by atoms with Crippen molar-refractivity contribution in [2.24, 2.45) is 0 Å². The second-order valence-electron chi connectivity index (χ2n) is 3.81. The van der Waals surface area contributed by atoms with Gasteiger partial charge in [-0.2, -0.15) is 0 Å². The predicted molar refractivity (Wildman–Crippen MR) is 74.5 cm³/mol. The van der Waals surface area contributed by atoms with Gasteiger partial charge in [-0.15, -0.1) is 11.3 Å². The molecule has 3 nitrogen and oxygen atoms in total. The van der Waals surface area contributed by atoms with E-state index in [1.165, 1.54) is 17.4 Å². The second-order valence-corrected chi connectivity index (χ2v) is 7.02. The van der Waals surface area contributed by atoms with E-state index in [9.17, 15) is 8.42 Å². The Bertz CT molecular complexity index is 636. The monoisotopic (exact) mass is 301 g/mol. The normalized spacial score (nSPS) is 11.7. The molecule has 2 rings (SSSR count). The van der Waals surface area contributed by atoms with E-state index in [1.54, 1.807) is 12.1 Å². The Labute approximate surface area is 115 Å². The van der Waals surface area contributed by atoms with E-state index < -0.39 is 10.0 Å². The zero-order chi connectivity index (χ0) is 13.2. The number of nitrogens with one attached hydrogen (secondary N) is 1. The van der Waals surface area contributed by atoms with Crippen molar-refractivity contribution in [3.8, 4) is 0 Å². The van der Waals surface area contributed by atoms with E-state index in [2.05, 4.69) is 4.72 Å². The minimum atomic E-state index is -3.50. The molecule has 1 aromatic carbocycles. The van der Waals surface area contributed by atoms with Crippen molar-refractivity contribution in [2.75, 3.05) is 0 Å². The van der Waals surface area contributed by atoms with Crippen molar-refractivity contribution in [3.63, 3.8) is 0 Å². The van der Waals surface area contributed by atoms with Crippen molar-refractivity contribution >= 4 is 33.0 Å². The molecule has 0 saturated heterocycles. The summed E-state index contributed by atoms with van der Waals surface area (Å²) in [5.41, 5.74) is 0.855. The highest BCUT2D eigenvalue weighted by Gasteiger charge is 2.14. The summed E-state index contributed by atoms with van der Waals surface area (Å²) in [4.78, 5) is 1.16. The first kappa shape index (κ1) is 13.5. The summed E-state index contributed by atoms with van der Waals surface area (Å²) < 4.78 is 26.6. The minimum absolute atomic E-state index is 0.189. The highest BCUT2D eigenvalue weighted by molar-refractivity contribution is 7.89. The molecule has 0 spiro atoms. The van der Waals surface area contributed by atoms with Crippen LogP contribution in [0.15, 0.2) is 40.6 Å². The van der Waals surface area contributed by atoms with E-state index in [0.717, 1.165) is 10.4 Å². The van der Waals surface area contributed by atoms with Gasteiger partial charge in [-0.05, 0) is 36.1 Å². The molecule has 0 radical (unpaired) electrons. The largest absolute Gasteiger partial charge is 0.240 e. The SMILES string of the molecule is Cc1ccc(S(=O)(=O)NCc2cccs2)cc1Cl. The van der Waals surface area contributed by atoms with E-state index >= 15 is 0 Å². The number of halogens is 1. The van der Waals surface area contributed by atoms with Crippen LogP contribution in [0.1, 0.15) is 10.4 Å². The number of hydrogen-bond acceptors (Lipinski definition) is 3. The zero-order valence-electron chi connectivity index (χ0n) is 9.68. The molecule has 1 N–H and O–H groups in total. The quantitative estimate of drug-likeness (QED) is 0.942. The summed E-state index contributed by atoms with van der Waals surface area (Å²) in [5, 5.41) is 2.36. The molecule has 0 amide bonds. The number of rotatable bonds is 4. The molecule has 6 heteroatoms. The lowest BCUT2D eigenvalue weighted by Gasteiger charge is -2.07. The molecule has 0 unspecified atom stereocenters. The summed E-state index contributed by atoms with van der Waals surface area (Å²) in [5.74, 6) is 0. The molecule has 1 aromatic heterocycles. The average molecular weight is 302 g/mol. The summed E-state index contributed by atoms with van der Waals surface area (Å²) in [6.07, 6.45) is 0. The number of aryl methyl sites for hydroxylation is 1. The average Bonchev–Trinajstić information content (AvgIpc) is 2.83. The summed E-state index contributed by atoms with van der Waals surface area (Å²) in [6, 6.07) is 8.49. The zero-order valence-corrected chi connectivity index (χ0v) is 12.1. The van der Waals surface area contributed by atoms with Gasteiger partial charge in [-0.25, -0.2) is 13.1 Å². The maximum absolute atomic E-state index is 12.0. The van der Waals surface area contributed by atoms with Gasteiger partial charge in [0.05, 0.1) is 4.90 Å². The van der Waals surface area contributed by atoms with Crippen LogP contribution in [-0.2, 0) is 16.6 Å². The Kier molecular flexibility index (Phi) is 4.07. The van der Waals surface area contributed by atoms with Crippen LogP contribution in [0.5, 0.6) is 0 Å². The molecule has 0 aliphatic carbocycles. The first-order chi connectivity index (χ1) is 8.49. The van der Waals surface area contributed by atoms with Gasteiger partial charge in [0, 0.05) is 16.4 Å². The molecule has 2 aromatic rings. The minimum Gasteiger partial charge on any atom is -0.207 e. The maximum atomic E-state index is 12.0. The first-order valence-corrected chi connectivity index (χ1v) is 8.01. The summed E-state index contributed by atoms with van der Waals surface area (Å²) in [6.45, 7) is 2.13. The number of thiophene rings is 1. The van der Waals surface area contributed by atoms with E-state index in [4.69, 9.17) is 11.6 Å². The lowest BCUT2D eigenvalue weighted by atomic mass is 10.2. The van der Waals surface area contributed by atoms with Gasteiger partial charge in [-0.3, -0.25) is 0 Å². The van der Waals surface area contributed by atoms with Crippen molar-refractivity contribution in [3.05, 3.63) is 51.2 Å². The Morgan fingerprint density at radius 2 is 2.11 bits per heavy atom. The molecule has 1 heterocycles. The van der Waals surface area contributed by atoms with Crippen LogP contribution in [0.4, 0.5) is 0 Å². The third-order valence-corrected chi connectivity index (χ3v) is 5.15. The number of hydrogen-bond donors (Lipinski definition) is 1. The number of benzene rings is 1. The fourth-order valence-electron chi connectivity index (χ4n) is 1.40. The molecule has 0 aliphatic rings. The first-order valence-electron chi connectivity index (χ1n) is 5.27. The van der Waals surface area contributed by atoms with Gasteiger partial charge < -0.3 is 0 Å². The summed E-state index contributed by atoms with van der Waals surface area (Å²) in [7, 11) is -3.50. The van der Waals surface area contributed by atoms with Gasteiger partial charge >= 0.3 is 0 Å². The Hall–Kier alpha value is -0.880. The van der Waals surface area contributed by atoms with Crippen molar-refractivity contribution in [2.45, 2.75) is 18.4 Å². The lowest BCUT2D eigenvalue weighted by molar-refractivity contribution is 0.582. The van der Waals surface area contributed by atoms with Crippen molar-refractivity contribution in [1.82, 2.24) is 4.72 Å². The highest BCUT2D eigenvalue weighted by atomic mass is 35.5. The van der Waals surface area contributed by atoms with Crippen LogP contribution in [0, 0.1) is 6.92 Å². The van der Waals surface area contributed by atoms with Crippen LogP contribution in [-0.4, -0.2) is 8.42 Å². The second kappa shape index (κ2) is 5.40. The fraction of sp³-hybridized carbons (Fsp3) is 0.167. The topological polar surface area (TPSA) is 46.2 Å². The van der Waals surface area contributed by atoms with Crippen LogP contribution < -0.4 is 4.72 Å². The van der Waals surface area contributed by atoms with Crippen LogP contribution in [0.3, 0.4) is 0 Å². The van der Waals surface area contributed by atoms with Gasteiger partial charge in [0.15, 0.2) is 0 Å². The molecule has 0 bridgehead atoms. The van der Waals surface area contributed by atoms with E-state index in [0.29, 0.717) is 11.6 Å². The molecule has 0 atom stereocenters. The van der Waals surface area contributed by atoms with Crippen LogP contribution in [0.2, 0.25) is 5.02 Å². The Balaban J connectivity index is 2.17. The summed E-state index contributed by atoms with van der Waals surface area (Å²) >= 11 is 7.44. The third-order valence-electron chi connectivity index (χ3n) is 2.47. The third kappa shape index (κ3) is 3.11. The fourth-order valence-corrected chi connectivity index (χ4v) is 3.42. The maximum Gasteiger partial charge on any atom is 0.240 e. The highest BCUT2D eigenvalue weighted by Crippen LogP contribution is 2.20. The molecular formula is C12H12ClNO2S2. The van der Waals surface area contributed by atoms with Crippen LogP contribution >= 0.6 is 22.9 Å². The molecule has 0 fully saturated rings. The van der Waals surface area contributed by atoms with Gasteiger partial charge in [0.25, 0.3) is 0 Å². The smallest absolute Gasteiger partial charge is 0.207 e. The van der Waals surface area contributed by atoms with Crippen LogP contribution in [0.25, 0.3) is 0 Å². The lowest BCUT2D eigenvalue weighted by Crippen LogP contribution is -2.22. The molecule has 0 saturated carbocycles. The Morgan fingerprint density at radius 1 is 1.33 bits per heavy atom. The van der Waals surface area contributed by atoms with Gasteiger partial charge in [0.1, 0.15) is 0 Å². The van der Waals surface area contributed by atoms with Crippen molar-refractivity contribution < 1.29 is 8.42 Å². The number of sulfonamides is 1. The van der Waals surface area contributed by atoms with Crippen molar-refractivity contribution in [1.29, 1.82) is 0 Å². The van der Waals surface area contributed by atoms with E-state index in [-0.39, 0.29) is 4.90 Å². The standard InChI is InChI=1S/C12H12ClNO2S2/c1-9-4-5-11(7-12(9)13)18(15,16)14-8-10-3-2-6-17-10/h2-7,14H,8H2,1H3. The molecule has 18 heavy (non-hydrogen) atoms. The molecule has 0 aliphatic heterocycles. The van der Waals surface area contributed by atoms with Gasteiger partial charge in [-0.1, -0.05) is 23.7 Å². The molecular weight excluding hydrogens is 290 g/mol. The van der Waals surface area contributed by atoms with E-state index in [1.807, 2.05) is 24.4 Å². The predicted octanol–water partition coefficient (Wildman–Crippen LogP) is 3.19. The van der Waals surface area contributed by atoms with Gasteiger partial charge in [0.2, 0.25) is 10.0 Å². The molecule has 96 valence electrons. The Morgan fingerprint density at radius 3 is 2.72 bits per heavy atom.